The molecule has 1 N–H and O–H groups in total. The minimum Gasteiger partial charge on any atom is -0.444 e. The summed E-state index contributed by atoms with van der Waals surface area (Å²) in [7, 11) is 0. The van der Waals surface area contributed by atoms with E-state index >= 15 is 0 Å². The predicted octanol–water partition coefficient (Wildman–Crippen LogP) is 4.86. The summed E-state index contributed by atoms with van der Waals surface area (Å²) in [6.07, 6.45) is 0.0351. The first kappa shape index (κ1) is 25.8. The van der Waals surface area contributed by atoms with Gasteiger partial charge in [0.05, 0.1) is 6.04 Å². The standard InChI is InChI=1S/C28H39N3O3/c1-21(2)20-24(29-27(33)34-28(3,4)5)26(32)31-18-16-30(17-19-31)25(22-12-8-6-9-13-22)23-14-10-7-11-15-23/h6-15,21,24-25H,16-20H2,1-5H3,(H,29,33)/t24-/m0/s1. The Morgan fingerprint density at radius 3 is 1.82 bits per heavy atom. The smallest absolute Gasteiger partial charge is 0.408 e. The molecular weight excluding hydrogens is 426 g/mol. The summed E-state index contributed by atoms with van der Waals surface area (Å²) in [4.78, 5) is 30.1. The molecule has 0 unspecified atom stereocenters. The van der Waals surface area contributed by atoms with Crippen LogP contribution in [-0.2, 0) is 9.53 Å². The van der Waals surface area contributed by atoms with E-state index in [0.717, 1.165) is 13.1 Å². The fourth-order valence-electron chi connectivity index (χ4n) is 4.45. The van der Waals surface area contributed by atoms with Crippen molar-refractivity contribution >= 4 is 12.0 Å². The average Bonchev–Trinajstić information content (AvgIpc) is 2.79. The Morgan fingerprint density at radius 2 is 1.38 bits per heavy atom. The van der Waals surface area contributed by atoms with Crippen molar-refractivity contribution in [2.45, 2.75) is 58.7 Å². The molecule has 34 heavy (non-hydrogen) atoms. The third-order valence-electron chi connectivity index (χ3n) is 5.92. The van der Waals surface area contributed by atoms with E-state index in [1.165, 1.54) is 11.1 Å². The summed E-state index contributed by atoms with van der Waals surface area (Å²) in [6, 6.07) is 20.6. The Labute approximate surface area is 204 Å². The Bertz CT molecular complexity index is 877. The van der Waals surface area contributed by atoms with Gasteiger partial charge in [-0.05, 0) is 44.2 Å². The summed E-state index contributed by atoms with van der Waals surface area (Å²) in [6.45, 7) is 12.3. The van der Waals surface area contributed by atoms with E-state index in [2.05, 4.69) is 72.6 Å². The number of amides is 2. The van der Waals surface area contributed by atoms with Gasteiger partial charge in [0, 0.05) is 26.2 Å². The molecule has 2 aromatic carbocycles. The number of benzene rings is 2. The maximum Gasteiger partial charge on any atom is 0.408 e. The quantitative estimate of drug-likeness (QED) is 0.634. The molecule has 1 atom stereocenters. The van der Waals surface area contributed by atoms with Gasteiger partial charge < -0.3 is 15.0 Å². The summed E-state index contributed by atoms with van der Waals surface area (Å²) in [5.41, 5.74) is 1.89. The maximum atomic E-state index is 13.4. The number of piperazine rings is 1. The van der Waals surface area contributed by atoms with Crippen LogP contribution >= 0.6 is 0 Å². The van der Waals surface area contributed by atoms with Gasteiger partial charge in [-0.25, -0.2) is 4.79 Å². The molecule has 0 aliphatic carbocycles. The predicted molar refractivity (Wildman–Crippen MR) is 135 cm³/mol. The largest absolute Gasteiger partial charge is 0.444 e. The van der Waals surface area contributed by atoms with Crippen molar-refractivity contribution in [3.8, 4) is 0 Å². The number of hydrogen-bond donors (Lipinski definition) is 1. The van der Waals surface area contributed by atoms with Gasteiger partial charge >= 0.3 is 6.09 Å². The van der Waals surface area contributed by atoms with E-state index in [1.54, 1.807) is 0 Å². The van der Waals surface area contributed by atoms with E-state index < -0.39 is 17.7 Å². The Kier molecular flexibility index (Phi) is 8.72. The number of rotatable bonds is 7. The lowest BCUT2D eigenvalue weighted by molar-refractivity contribution is -0.135. The lowest BCUT2D eigenvalue weighted by atomic mass is 9.96. The summed E-state index contributed by atoms with van der Waals surface area (Å²) < 4.78 is 5.40. The lowest BCUT2D eigenvalue weighted by Crippen LogP contribution is -2.56. The zero-order valence-electron chi connectivity index (χ0n) is 21.2. The highest BCUT2D eigenvalue weighted by molar-refractivity contribution is 5.85. The van der Waals surface area contributed by atoms with Crippen LogP contribution in [0.25, 0.3) is 0 Å². The molecule has 1 aliphatic heterocycles. The topological polar surface area (TPSA) is 61.9 Å². The molecule has 0 saturated carbocycles. The number of carbonyl (C=O) groups is 2. The van der Waals surface area contributed by atoms with Gasteiger partial charge in [-0.15, -0.1) is 0 Å². The highest BCUT2D eigenvalue weighted by atomic mass is 16.6. The first-order valence-corrected chi connectivity index (χ1v) is 12.3. The molecule has 3 rings (SSSR count). The second-order valence-electron chi connectivity index (χ2n) is 10.4. The average molecular weight is 466 g/mol. The van der Waals surface area contributed by atoms with Crippen molar-refractivity contribution in [1.29, 1.82) is 0 Å². The number of nitrogens with zero attached hydrogens (tertiary/aromatic N) is 2. The molecule has 0 radical (unpaired) electrons. The van der Waals surface area contributed by atoms with Crippen LogP contribution in [0.5, 0.6) is 0 Å². The van der Waals surface area contributed by atoms with Gasteiger partial charge in [0.2, 0.25) is 5.91 Å². The second-order valence-corrected chi connectivity index (χ2v) is 10.4. The summed E-state index contributed by atoms with van der Waals surface area (Å²) >= 11 is 0. The van der Waals surface area contributed by atoms with Crippen LogP contribution in [0.4, 0.5) is 4.79 Å². The lowest BCUT2D eigenvalue weighted by Gasteiger charge is -2.41. The molecule has 6 heteroatoms. The van der Waals surface area contributed by atoms with Crippen molar-refractivity contribution in [1.82, 2.24) is 15.1 Å². The van der Waals surface area contributed by atoms with Crippen LogP contribution in [0.3, 0.4) is 0 Å². The molecule has 1 fully saturated rings. The van der Waals surface area contributed by atoms with Crippen molar-refractivity contribution in [2.24, 2.45) is 5.92 Å². The Hall–Kier alpha value is -2.86. The molecular formula is C28H39N3O3. The molecule has 0 aromatic heterocycles. The van der Waals surface area contributed by atoms with Crippen molar-refractivity contribution in [3.63, 3.8) is 0 Å². The normalized spacial score (nSPS) is 15.9. The molecule has 2 amide bonds. The number of carbonyl (C=O) groups excluding carboxylic acids is 2. The molecule has 2 aromatic rings. The van der Waals surface area contributed by atoms with Crippen LogP contribution < -0.4 is 5.32 Å². The molecule has 0 spiro atoms. The van der Waals surface area contributed by atoms with Crippen molar-refractivity contribution < 1.29 is 14.3 Å². The minimum atomic E-state index is -0.606. The molecule has 0 bridgehead atoms. The van der Waals surface area contributed by atoms with Crippen LogP contribution in [0.2, 0.25) is 0 Å². The van der Waals surface area contributed by atoms with E-state index in [4.69, 9.17) is 4.74 Å². The fourth-order valence-corrected chi connectivity index (χ4v) is 4.45. The van der Waals surface area contributed by atoms with Gasteiger partial charge in [0.1, 0.15) is 11.6 Å². The molecule has 6 nitrogen and oxygen atoms in total. The van der Waals surface area contributed by atoms with E-state index in [1.807, 2.05) is 37.8 Å². The minimum absolute atomic E-state index is 0.0322. The van der Waals surface area contributed by atoms with Crippen LogP contribution in [0.1, 0.15) is 58.2 Å². The van der Waals surface area contributed by atoms with Crippen LogP contribution in [0.15, 0.2) is 60.7 Å². The van der Waals surface area contributed by atoms with Gasteiger partial charge in [-0.2, -0.15) is 0 Å². The van der Waals surface area contributed by atoms with Gasteiger partial charge in [0.25, 0.3) is 0 Å². The van der Waals surface area contributed by atoms with Crippen LogP contribution in [-0.4, -0.2) is 59.6 Å². The Morgan fingerprint density at radius 1 is 0.882 bits per heavy atom. The summed E-state index contributed by atoms with van der Waals surface area (Å²) in [5.74, 6) is 0.237. The first-order chi connectivity index (χ1) is 16.1. The van der Waals surface area contributed by atoms with Gasteiger partial charge in [0.15, 0.2) is 0 Å². The zero-order chi connectivity index (χ0) is 24.7. The third kappa shape index (κ3) is 7.32. The Balaban J connectivity index is 1.69. The third-order valence-corrected chi connectivity index (χ3v) is 5.92. The molecule has 1 saturated heterocycles. The maximum absolute atomic E-state index is 13.4. The van der Waals surface area contributed by atoms with E-state index in [0.29, 0.717) is 19.5 Å². The molecule has 1 heterocycles. The summed E-state index contributed by atoms with van der Waals surface area (Å²) in [5, 5.41) is 2.82. The van der Waals surface area contributed by atoms with E-state index in [-0.39, 0.29) is 17.9 Å². The number of alkyl carbamates (subject to hydrolysis) is 1. The number of hydrogen-bond acceptors (Lipinski definition) is 4. The highest BCUT2D eigenvalue weighted by Gasteiger charge is 2.32. The molecule has 1 aliphatic rings. The highest BCUT2D eigenvalue weighted by Crippen LogP contribution is 2.29. The molecule has 184 valence electrons. The van der Waals surface area contributed by atoms with Crippen molar-refractivity contribution in [3.05, 3.63) is 71.8 Å². The number of ether oxygens (including phenoxy) is 1. The zero-order valence-corrected chi connectivity index (χ0v) is 21.2. The second kappa shape index (κ2) is 11.5. The fraction of sp³-hybridized carbons (Fsp3) is 0.500. The van der Waals surface area contributed by atoms with Gasteiger partial charge in [-0.3, -0.25) is 9.69 Å². The van der Waals surface area contributed by atoms with Crippen LogP contribution in [0, 0.1) is 5.92 Å². The SMILES string of the molecule is CC(C)C[C@H](NC(=O)OC(C)(C)C)C(=O)N1CCN(C(c2ccccc2)c2ccccc2)CC1. The van der Waals surface area contributed by atoms with Crippen molar-refractivity contribution in [2.75, 3.05) is 26.2 Å². The van der Waals surface area contributed by atoms with E-state index in [9.17, 15) is 9.59 Å². The number of nitrogens with one attached hydrogen (secondary N) is 1. The van der Waals surface area contributed by atoms with Gasteiger partial charge in [-0.1, -0.05) is 74.5 Å². The first-order valence-electron chi connectivity index (χ1n) is 12.3. The monoisotopic (exact) mass is 465 g/mol.